The summed E-state index contributed by atoms with van der Waals surface area (Å²) >= 11 is 0. The summed E-state index contributed by atoms with van der Waals surface area (Å²) in [6.45, 7) is 2.56. The van der Waals surface area contributed by atoms with E-state index >= 15 is 0 Å². The molecule has 0 fully saturated rings. The second kappa shape index (κ2) is 8.85. The van der Waals surface area contributed by atoms with Gasteiger partial charge in [-0.2, -0.15) is 6.54 Å². The number of rotatable bonds is 1. The van der Waals surface area contributed by atoms with E-state index in [4.69, 9.17) is 5.73 Å². The van der Waals surface area contributed by atoms with Crippen molar-refractivity contribution in [2.45, 2.75) is 13.3 Å². The van der Waals surface area contributed by atoms with Gasteiger partial charge in [0.15, 0.2) is 0 Å². The molecule has 0 radical (unpaired) electrons. The van der Waals surface area contributed by atoms with Gasteiger partial charge < -0.3 is 5.73 Å². The van der Waals surface area contributed by atoms with Gasteiger partial charge in [-0.3, -0.25) is 0 Å². The molecule has 0 aromatic rings. The zero-order valence-electron chi connectivity index (χ0n) is 3.41. The average Bonchev–Trinajstić information content (AvgIpc) is 1.37. The molecular formula is C3H8NZr-. The van der Waals surface area contributed by atoms with Gasteiger partial charge in [0.05, 0.1) is 0 Å². The monoisotopic (exact) mass is 148 g/mol. The largest absolute Gasteiger partial charge is 0.677 e. The van der Waals surface area contributed by atoms with Crippen molar-refractivity contribution >= 4 is 0 Å². The molecule has 0 aromatic heterocycles. The Bertz CT molecular complexity index is 8.85. The van der Waals surface area contributed by atoms with Crippen LogP contribution in [0.5, 0.6) is 0 Å². The fourth-order valence-corrected chi connectivity index (χ4v) is 0. The maximum absolute atomic E-state index is 6.45. The third-order valence-corrected chi connectivity index (χ3v) is 0.250. The van der Waals surface area contributed by atoms with Crippen LogP contribution in [-0.4, -0.2) is 6.54 Å². The van der Waals surface area contributed by atoms with E-state index in [9.17, 15) is 0 Å². The average molecular weight is 149 g/mol. The first-order chi connectivity index (χ1) is 1.91. The van der Waals surface area contributed by atoms with Crippen molar-refractivity contribution in [2.24, 2.45) is 0 Å². The molecule has 0 heterocycles. The van der Waals surface area contributed by atoms with Crippen molar-refractivity contribution in [1.29, 1.82) is 0 Å². The van der Waals surface area contributed by atoms with Crippen molar-refractivity contribution in [1.82, 2.24) is 0 Å². The van der Waals surface area contributed by atoms with Gasteiger partial charge in [-0.15, -0.1) is 0 Å². The summed E-state index contributed by atoms with van der Waals surface area (Å²) in [6, 6.07) is 0. The molecule has 30 valence electrons. The Morgan fingerprint density at radius 3 is 1.80 bits per heavy atom. The minimum absolute atomic E-state index is 0. The Hall–Kier alpha value is 0.843. The summed E-state index contributed by atoms with van der Waals surface area (Å²) in [5.74, 6) is 0. The van der Waals surface area contributed by atoms with Crippen LogP contribution < -0.4 is 0 Å². The van der Waals surface area contributed by atoms with Crippen molar-refractivity contribution in [3.05, 3.63) is 5.73 Å². The van der Waals surface area contributed by atoms with Gasteiger partial charge in [-0.05, 0) is 0 Å². The summed E-state index contributed by atoms with van der Waals surface area (Å²) in [5, 5.41) is 0. The first-order valence-electron chi connectivity index (χ1n) is 1.56. The number of hydrogen-bond acceptors (Lipinski definition) is 0. The Labute approximate surface area is 52.1 Å². The van der Waals surface area contributed by atoms with E-state index in [1.54, 1.807) is 0 Å². The van der Waals surface area contributed by atoms with Gasteiger partial charge in [0, 0.05) is 26.2 Å². The summed E-state index contributed by atoms with van der Waals surface area (Å²) in [4.78, 5) is 0. The molecule has 1 N–H and O–H groups in total. The molecule has 1 nitrogen and oxygen atoms in total. The molecule has 0 aliphatic carbocycles. The van der Waals surface area contributed by atoms with Crippen molar-refractivity contribution in [2.75, 3.05) is 6.54 Å². The second-order valence-electron chi connectivity index (χ2n) is 0.750. The number of hydrogen-bond donors (Lipinski definition) is 0. The Balaban J connectivity index is 0. The fraction of sp³-hybridized carbons (Fsp3) is 1.00. The predicted octanol–water partition coefficient (Wildman–Crippen LogP) is 1.45. The Kier molecular flexibility index (Phi) is 16.4. The molecule has 0 amide bonds. The zero-order chi connectivity index (χ0) is 3.41. The first-order valence-corrected chi connectivity index (χ1v) is 1.56. The van der Waals surface area contributed by atoms with Crippen LogP contribution >= 0.6 is 0 Å². The van der Waals surface area contributed by atoms with E-state index < -0.39 is 0 Å². The standard InChI is InChI=1S/C3H8N.Zr/c1-2-3-4;/h4H,2-3H2,1H3;/q-1;. The molecule has 0 aliphatic rings. The molecule has 0 atom stereocenters. The Morgan fingerprint density at radius 1 is 1.60 bits per heavy atom. The van der Waals surface area contributed by atoms with Crippen molar-refractivity contribution in [3.63, 3.8) is 0 Å². The van der Waals surface area contributed by atoms with E-state index in [1.165, 1.54) is 0 Å². The minimum atomic E-state index is 0. The minimum Gasteiger partial charge on any atom is -0.677 e. The summed E-state index contributed by atoms with van der Waals surface area (Å²) in [6.07, 6.45) is 0.986. The molecule has 0 aromatic carbocycles. The fourth-order valence-electron chi connectivity index (χ4n) is 0. The van der Waals surface area contributed by atoms with Crippen LogP contribution in [0.25, 0.3) is 5.73 Å². The van der Waals surface area contributed by atoms with Crippen LogP contribution in [0.4, 0.5) is 0 Å². The SMILES string of the molecule is CCC[NH-].[Zr]. The normalized spacial score (nSPS) is 6.00. The molecule has 0 bridgehead atoms. The molecular weight excluding hydrogens is 141 g/mol. The molecule has 0 rings (SSSR count). The van der Waals surface area contributed by atoms with Gasteiger partial charge >= 0.3 is 0 Å². The van der Waals surface area contributed by atoms with Crippen molar-refractivity contribution in [3.8, 4) is 0 Å². The second-order valence-corrected chi connectivity index (χ2v) is 0.750. The molecule has 5 heavy (non-hydrogen) atoms. The maximum Gasteiger partial charge on any atom is 0 e. The summed E-state index contributed by atoms with van der Waals surface area (Å²) < 4.78 is 0. The van der Waals surface area contributed by atoms with E-state index in [0.717, 1.165) is 6.42 Å². The van der Waals surface area contributed by atoms with Crippen LogP contribution in [0.3, 0.4) is 0 Å². The van der Waals surface area contributed by atoms with Crippen LogP contribution in [0.1, 0.15) is 13.3 Å². The predicted molar refractivity (Wildman–Crippen MR) is 19.5 cm³/mol. The van der Waals surface area contributed by atoms with Gasteiger partial charge in [-0.1, -0.05) is 13.3 Å². The van der Waals surface area contributed by atoms with Crippen LogP contribution in [0.15, 0.2) is 0 Å². The summed E-state index contributed by atoms with van der Waals surface area (Å²) in [7, 11) is 0. The molecule has 0 spiro atoms. The van der Waals surface area contributed by atoms with Crippen LogP contribution in [0.2, 0.25) is 0 Å². The molecule has 2 heteroatoms. The topological polar surface area (TPSA) is 23.8 Å². The van der Waals surface area contributed by atoms with E-state index in [-0.39, 0.29) is 26.2 Å². The van der Waals surface area contributed by atoms with E-state index in [1.807, 2.05) is 6.92 Å². The van der Waals surface area contributed by atoms with Gasteiger partial charge in [0.1, 0.15) is 0 Å². The molecule has 0 saturated carbocycles. The first kappa shape index (κ1) is 9.28. The van der Waals surface area contributed by atoms with Crippen LogP contribution in [0, 0.1) is 0 Å². The van der Waals surface area contributed by atoms with E-state index in [0.29, 0.717) is 6.54 Å². The van der Waals surface area contributed by atoms with Crippen LogP contribution in [-0.2, 0) is 26.2 Å². The molecule has 0 saturated heterocycles. The third-order valence-electron chi connectivity index (χ3n) is 0.250. The van der Waals surface area contributed by atoms with Crippen molar-refractivity contribution < 1.29 is 26.2 Å². The third kappa shape index (κ3) is 11.5. The van der Waals surface area contributed by atoms with E-state index in [2.05, 4.69) is 0 Å². The maximum atomic E-state index is 6.45. The van der Waals surface area contributed by atoms with Gasteiger partial charge in [0.2, 0.25) is 0 Å². The molecule has 0 aliphatic heterocycles. The van der Waals surface area contributed by atoms with Gasteiger partial charge in [0.25, 0.3) is 0 Å². The number of nitrogens with one attached hydrogen (secondary N) is 1. The summed E-state index contributed by atoms with van der Waals surface area (Å²) in [5.41, 5.74) is 6.45. The molecule has 0 unspecified atom stereocenters. The quantitative estimate of drug-likeness (QED) is 0.539. The Morgan fingerprint density at radius 2 is 1.80 bits per heavy atom. The zero-order valence-corrected chi connectivity index (χ0v) is 5.87. The van der Waals surface area contributed by atoms with Gasteiger partial charge in [-0.25, -0.2) is 0 Å². The smallest absolute Gasteiger partial charge is 0 e.